The van der Waals surface area contributed by atoms with E-state index in [1.165, 1.54) is 51.4 Å². The maximum absolute atomic E-state index is 13.1. The van der Waals surface area contributed by atoms with Crippen LogP contribution in [0.15, 0.2) is 78.9 Å². The highest BCUT2D eigenvalue weighted by Crippen LogP contribution is 2.34. The van der Waals surface area contributed by atoms with E-state index in [4.69, 9.17) is 18.9 Å². The number of benzene rings is 3. The van der Waals surface area contributed by atoms with E-state index in [1.54, 1.807) is 23.1 Å². The molecule has 0 heterocycles. The lowest BCUT2D eigenvalue weighted by molar-refractivity contribution is -0.144. The molecule has 0 saturated heterocycles. The number of aliphatic hydroxyl groups is 2. The first-order valence-corrected chi connectivity index (χ1v) is 19.9. The van der Waals surface area contributed by atoms with Gasteiger partial charge in [0, 0.05) is 24.6 Å². The molecule has 0 aliphatic carbocycles. The molecule has 0 spiro atoms. The molecule has 9 nitrogen and oxygen atoms in total. The minimum atomic E-state index is -1.11. The molecule has 2 unspecified atom stereocenters. The van der Waals surface area contributed by atoms with Gasteiger partial charge in [0.15, 0.2) is 24.1 Å². The summed E-state index contributed by atoms with van der Waals surface area (Å²) in [7, 11) is 0. The molecule has 3 rings (SSSR count). The minimum absolute atomic E-state index is 0.0918. The van der Waals surface area contributed by atoms with Crippen LogP contribution in [0.2, 0.25) is 0 Å². The van der Waals surface area contributed by atoms with E-state index in [-0.39, 0.29) is 37.8 Å². The second kappa shape index (κ2) is 26.6. The second-order valence-corrected chi connectivity index (χ2v) is 13.7. The van der Waals surface area contributed by atoms with Crippen molar-refractivity contribution in [1.82, 2.24) is 0 Å². The predicted octanol–water partition coefficient (Wildman–Crippen LogP) is 9.66. The van der Waals surface area contributed by atoms with E-state index < -0.39 is 24.5 Å². The van der Waals surface area contributed by atoms with E-state index in [0.29, 0.717) is 18.5 Å². The zero-order valence-corrected chi connectivity index (χ0v) is 32.1. The number of aliphatic hydroxyl groups excluding tert-OH is 2. The van der Waals surface area contributed by atoms with Gasteiger partial charge >= 0.3 is 11.9 Å². The largest absolute Gasteiger partial charge is 0.461 e. The molecule has 0 radical (unpaired) electrons. The average molecular weight is 734 g/mol. The molecule has 3 aromatic rings. The Bertz CT molecular complexity index is 1350. The lowest BCUT2D eigenvalue weighted by atomic mass is 10.1. The maximum atomic E-state index is 13.1. The van der Waals surface area contributed by atoms with E-state index in [1.807, 2.05) is 60.7 Å². The molecule has 3 aromatic carbocycles. The summed E-state index contributed by atoms with van der Waals surface area (Å²) in [5, 5.41) is 21.8. The molecular formula is C44H63NO8. The van der Waals surface area contributed by atoms with Crippen LogP contribution < -0.4 is 14.4 Å². The SMILES string of the molecule is CCCCCCCCCC(O)Oc1ccc(N(CC(=O)OCc2ccccc2)CC(=O)OCc2ccccc2)cc1OC(O)CCCCCCCCC. The molecule has 0 aliphatic heterocycles. The van der Waals surface area contributed by atoms with E-state index >= 15 is 0 Å². The van der Waals surface area contributed by atoms with Crippen molar-refractivity contribution in [3.8, 4) is 11.5 Å². The number of unbranched alkanes of at least 4 members (excludes halogenated alkanes) is 12. The molecule has 0 amide bonds. The monoisotopic (exact) mass is 733 g/mol. The summed E-state index contributed by atoms with van der Waals surface area (Å²) >= 11 is 0. The third kappa shape index (κ3) is 19.0. The molecule has 0 fully saturated rings. The highest BCUT2D eigenvalue weighted by Gasteiger charge is 2.22. The maximum Gasteiger partial charge on any atom is 0.325 e. The van der Waals surface area contributed by atoms with Crippen LogP contribution in [-0.4, -0.2) is 47.8 Å². The van der Waals surface area contributed by atoms with Crippen LogP contribution in [0.3, 0.4) is 0 Å². The number of rotatable bonds is 29. The number of hydrogen-bond acceptors (Lipinski definition) is 9. The molecule has 0 aromatic heterocycles. The molecule has 53 heavy (non-hydrogen) atoms. The number of carbonyl (C=O) groups is 2. The fourth-order valence-electron chi connectivity index (χ4n) is 5.96. The first-order valence-electron chi connectivity index (χ1n) is 19.9. The summed E-state index contributed by atoms with van der Waals surface area (Å²) in [6, 6.07) is 23.7. The number of ether oxygens (including phenoxy) is 4. The molecule has 0 saturated carbocycles. The third-order valence-corrected chi connectivity index (χ3v) is 9.05. The Morgan fingerprint density at radius 1 is 0.547 bits per heavy atom. The van der Waals surface area contributed by atoms with Crippen molar-refractivity contribution < 1.29 is 38.7 Å². The molecule has 9 heteroatoms. The Morgan fingerprint density at radius 2 is 0.962 bits per heavy atom. The number of anilines is 1. The number of esters is 2. The first kappa shape index (κ1) is 43.3. The quantitative estimate of drug-likeness (QED) is 0.0409. The van der Waals surface area contributed by atoms with Gasteiger partial charge in [-0.1, -0.05) is 152 Å². The van der Waals surface area contributed by atoms with Crippen LogP contribution in [-0.2, 0) is 32.3 Å². The van der Waals surface area contributed by atoms with Crippen LogP contribution >= 0.6 is 0 Å². The zero-order chi connectivity index (χ0) is 37.9. The van der Waals surface area contributed by atoms with Crippen LogP contribution in [0, 0.1) is 0 Å². The van der Waals surface area contributed by atoms with Gasteiger partial charge in [0.05, 0.1) is 0 Å². The lowest BCUT2D eigenvalue weighted by Gasteiger charge is -2.25. The molecule has 0 bridgehead atoms. The van der Waals surface area contributed by atoms with Crippen molar-refractivity contribution in [3.63, 3.8) is 0 Å². The Kier molecular flexibility index (Phi) is 21.8. The lowest BCUT2D eigenvalue weighted by Crippen LogP contribution is -2.36. The Labute approximate surface area is 317 Å². The van der Waals surface area contributed by atoms with Crippen LogP contribution in [0.5, 0.6) is 11.5 Å². The Balaban J connectivity index is 1.74. The van der Waals surface area contributed by atoms with Crippen molar-refractivity contribution in [2.24, 2.45) is 0 Å². The van der Waals surface area contributed by atoms with Crippen molar-refractivity contribution in [3.05, 3.63) is 90.0 Å². The predicted molar refractivity (Wildman–Crippen MR) is 210 cm³/mol. The Morgan fingerprint density at radius 3 is 1.42 bits per heavy atom. The summed E-state index contributed by atoms with van der Waals surface area (Å²) in [6.07, 6.45) is 14.3. The number of hydrogen-bond donors (Lipinski definition) is 2. The van der Waals surface area contributed by atoms with E-state index in [9.17, 15) is 19.8 Å². The molecule has 2 N–H and O–H groups in total. The first-order chi connectivity index (χ1) is 25.9. The topological polar surface area (TPSA) is 115 Å². The van der Waals surface area contributed by atoms with Crippen molar-refractivity contribution >= 4 is 17.6 Å². The van der Waals surface area contributed by atoms with Crippen molar-refractivity contribution in [1.29, 1.82) is 0 Å². The van der Waals surface area contributed by atoms with Crippen molar-refractivity contribution in [2.45, 2.75) is 142 Å². The number of carbonyl (C=O) groups excluding carboxylic acids is 2. The van der Waals surface area contributed by atoms with Crippen LogP contribution in [0.1, 0.15) is 128 Å². The third-order valence-electron chi connectivity index (χ3n) is 9.05. The molecule has 292 valence electrons. The standard InChI is InChI=1S/C44H63NO8/c1-3-5-7-9-11-13-21-27-41(46)52-39-30-29-38(31-40(39)53-42(47)28-22-14-12-10-8-6-4-2)45(32-43(48)50-34-36-23-17-15-18-24-36)33-44(49)51-35-37-25-19-16-20-26-37/h15-20,23-26,29-31,41-42,46-47H,3-14,21-22,27-28,32-35H2,1-2H3. The molecular weight excluding hydrogens is 670 g/mol. The summed E-state index contributed by atoms with van der Waals surface area (Å²) in [6.45, 7) is 4.10. The highest BCUT2D eigenvalue weighted by atomic mass is 16.6. The fraction of sp³-hybridized carbons (Fsp3) is 0.545. The van der Waals surface area contributed by atoms with Gasteiger partial charge < -0.3 is 34.1 Å². The van der Waals surface area contributed by atoms with Gasteiger partial charge in [-0.05, 0) is 36.1 Å². The van der Waals surface area contributed by atoms with Gasteiger partial charge in [-0.15, -0.1) is 0 Å². The molecule has 2 atom stereocenters. The van der Waals surface area contributed by atoms with Gasteiger partial charge in [-0.2, -0.15) is 0 Å². The van der Waals surface area contributed by atoms with Gasteiger partial charge in [0.1, 0.15) is 26.3 Å². The smallest absolute Gasteiger partial charge is 0.325 e. The normalized spacial score (nSPS) is 12.2. The summed E-state index contributed by atoms with van der Waals surface area (Å²) in [4.78, 5) is 27.8. The van der Waals surface area contributed by atoms with Crippen molar-refractivity contribution in [2.75, 3.05) is 18.0 Å². The summed E-state index contributed by atoms with van der Waals surface area (Å²) in [5.41, 5.74) is 2.15. The van der Waals surface area contributed by atoms with Gasteiger partial charge in [0.2, 0.25) is 0 Å². The second-order valence-electron chi connectivity index (χ2n) is 13.7. The van der Waals surface area contributed by atoms with E-state index in [0.717, 1.165) is 49.7 Å². The van der Waals surface area contributed by atoms with Crippen LogP contribution in [0.4, 0.5) is 5.69 Å². The van der Waals surface area contributed by atoms with Gasteiger partial charge in [-0.25, -0.2) is 0 Å². The van der Waals surface area contributed by atoms with E-state index in [2.05, 4.69) is 13.8 Å². The van der Waals surface area contributed by atoms with Gasteiger partial charge in [0.25, 0.3) is 0 Å². The van der Waals surface area contributed by atoms with Gasteiger partial charge in [-0.3, -0.25) is 9.59 Å². The molecule has 0 aliphatic rings. The summed E-state index contributed by atoms with van der Waals surface area (Å²) in [5.74, 6) is -0.592. The fourth-order valence-corrected chi connectivity index (χ4v) is 5.96. The number of nitrogens with zero attached hydrogens (tertiary/aromatic N) is 1. The summed E-state index contributed by atoms with van der Waals surface area (Å²) < 4.78 is 23.1. The average Bonchev–Trinajstić information content (AvgIpc) is 3.17. The minimum Gasteiger partial charge on any atom is -0.461 e. The highest BCUT2D eigenvalue weighted by molar-refractivity contribution is 5.82. The van der Waals surface area contributed by atoms with Crippen LogP contribution in [0.25, 0.3) is 0 Å². The Hall–Kier alpha value is -4.08. The zero-order valence-electron chi connectivity index (χ0n) is 32.1.